The first-order valence-electron chi connectivity index (χ1n) is 9.13. The third-order valence-corrected chi connectivity index (χ3v) is 4.69. The van der Waals surface area contributed by atoms with E-state index in [0.717, 1.165) is 28.4 Å². The predicted molar refractivity (Wildman–Crippen MR) is 113 cm³/mol. The molecule has 0 fully saturated rings. The summed E-state index contributed by atoms with van der Waals surface area (Å²) < 4.78 is 1.92. The Morgan fingerprint density at radius 3 is 2.11 bits per heavy atom. The van der Waals surface area contributed by atoms with Gasteiger partial charge in [-0.25, -0.2) is 9.97 Å². The molecular formula is C22H27N5. The van der Waals surface area contributed by atoms with Crippen molar-refractivity contribution < 1.29 is 0 Å². The molecule has 3 aromatic rings. The molecule has 0 saturated heterocycles. The zero-order valence-electron chi connectivity index (χ0n) is 16.9. The highest BCUT2D eigenvalue weighted by atomic mass is 15.3. The maximum Gasteiger partial charge on any atom is 0.161 e. The Morgan fingerprint density at radius 2 is 1.56 bits per heavy atom. The third-order valence-electron chi connectivity index (χ3n) is 4.69. The number of fused-ring (bicyclic) bond motifs is 1. The maximum absolute atomic E-state index is 4.80. The van der Waals surface area contributed by atoms with Crippen LogP contribution in [-0.2, 0) is 7.05 Å². The lowest BCUT2D eigenvalue weighted by molar-refractivity contribution is 0.784. The van der Waals surface area contributed by atoms with E-state index in [1.165, 1.54) is 22.3 Å². The molecule has 0 aliphatic rings. The zero-order valence-corrected chi connectivity index (χ0v) is 16.9. The van der Waals surface area contributed by atoms with Gasteiger partial charge in [0.1, 0.15) is 11.3 Å². The Kier molecular flexibility index (Phi) is 5.13. The van der Waals surface area contributed by atoms with E-state index >= 15 is 0 Å². The number of nitrogens with zero attached hydrogens (tertiary/aromatic N) is 5. The molecule has 27 heavy (non-hydrogen) atoms. The van der Waals surface area contributed by atoms with Gasteiger partial charge < -0.3 is 4.90 Å². The maximum atomic E-state index is 4.80. The zero-order chi connectivity index (χ0) is 19.7. The van der Waals surface area contributed by atoms with Crippen LogP contribution < -0.4 is 4.90 Å². The van der Waals surface area contributed by atoms with Gasteiger partial charge in [-0.2, -0.15) is 5.10 Å². The normalized spacial score (nSPS) is 11.0. The van der Waals surface area contributed by atoms with E-state index in [4.69, 9.17) is 10.1 Å². The summed E-state index contributed by atoms with van der Waals surface area (Å²) in [7, 11) is 1.97. The highest BCUT2D eigenvalue weighted by molar-refractivity contribution is 5.97. The topological polar surface area (TPSA) is 46.8 Å². The molecule has 140 valence electrons. The second kappa shape index (κ2) is 7.35. The van der Waals surface area contributed by atoms with Crippen molar-refractivity contribution in [1.82, 2.24) is 19.7 Å². The molecule has 0 saturated carbocycles. The van der Waals surface area contributed by atoms with E-state index in [0.29, 0.717) is 13.1 Å². The molecule has 0 radical (unpaired) electrons. The van der Waals surface area contributed by atoms with Gasteiger partial charge in [0.2, 0.25) is 0 Å². The quantitative estimate of drug-likeness (QED) is 0.609. The Hall–Kier alpha value is -2.95. The number of anilines is 1. The number of hydrogen-bond donors (Lipinski definition) is 0. The summed E-state index contributed by atoms with van der Waals surface area (Å²) in [6.07, 6.45) is 3.73. The highest BCUT2D eigenvalue weighted by Gasteiger charge is 2.22. The van der Waals surface area contributed by atoms with Gasteiger partial charge in [0, 0.05) is 25.7 Å². The van der Waals surface area contributed by atoms with Crippen molar-refractivity contribution in [3.8, 4) is 11.3 Å². The monoisotopic (exact) mass is 361 g/mol. The van der Waals surface area contributed by atoms with Crippen LogP contribution in [0.2, 0.25) is 0 Å². The van der Waals surface area contributed by atoms with Crippen LogP contribution in [0.25, 0.3) is 22.3 Å². The van der Waals surface area contributed by atoms with Crippen LogP contribution in [0.15, 0.2) is 37.4 Å². The van der Waals surface area contributed by atoms with Crippen molar-refractivity contribution in [2.45, 2.75) is 27.7 Å². The van der Waals surface area contributed by atoms with Crippen LogP contribution in [0.4, 0.5) is 5.82 Å². The molecule has 2 aromatic heterocycles. The summed E-state index contributed by atoms with van der Waals surface area (Å²) in [6, 6.07) is 4.41. The number of hydrogen-bond acceptors (Lipinski definition) is 4. The lowest BCUT2D eigenvalue weighted by atomic mass is 9.96. The fraction of sp³-hybridized carbons (Fsp3) is 0.318. The smallest absolute Gasteiger partial charge is 0.161 e. The Balaban J connectivity index is 2.33. The lowest BCUT2D eigenvalue weighted by Crippen LogP contribution is -2.25. The molecule has 2 heterocycles. The SMILES string of the molecule is C=CCN(CC=C)c1nc(C)nc2c(-c3c(C)cc(C)cc3C)n(C)nc12. The number of aromatic nitrogens is 4. The molecule has 0 spiro atoms. The molecule has 0 amide bonds. The van der Waals surface area contributed by atoms with E-state index in [2.05, 4.69) is 55.9 Å². The van der Waals surface area contributed by atoms with Crippen molar-refractivity contribution in [3.05, 3.63) is 60.0 Å². The third kappa shape index (κ3) is 3.37. The number of aryl methyl sites for hydroxylation is 5. The summed E-state index contributed by atoms with van der Waals surface area (Å²) in [5, 5.41) is 4.80. The van der Waals surface area contributed by atoms with E-state index in [9.17, 15) is 0 Å². The summed E-state index contributed by atoms with van der Waals surface area (Å²) >= 11 is 0. The minimum Gasteiger partial charge on any atom is -0.347 e. The van der Waals surface area contributed by atoms with Crippen LogP contribution >= 0.6 is 0 Å². The van der Waals surface area contributed by atoms with Gasteiger partial charge in [-0.15, -0.1) is 13.2 Å². The van der Waals surface area contributed by atoms with Crippen LogP contribution in [-0.4, -0.2) is 32.8 Å². The van der Waals surface area contributed by atoms with E-state index < -0.39 is 0 Å². The van der Waals surface area contributed by atoms with Gasteiger partial charge in [-0.1, -0.05) is 29.8 Å². The summed E-state index contributed by atoms with van der Waals surface area (Å²) in [5.41, 5.74) is 7.62. The van der Waals surface area contributed by atoms with Gasteiger partial charge in [-0.3, -0.25) is 4.68 Å². The molecule has 0 bridgehead atoms. The molecule has 0 aliphatic carbocycles. The fourth-order valence-electron chi connectivity index (χ4n) is 3.78. The van der Waals surface area contributed by atoms with Gasteiger partial charge in [0.15, 0.2) is 11.3 Å². The first-order valence-corrected chi connectivity index (χ1v) is 9.13. The number of benzene rings is 1. The minimum atomic E-state index is 0.673. The second-order valence-electron chi connectivity index (χ2n) is 7.02. The predicted octanol–water partition coefficient (Wildman–Crippen LogP) is 4.44. The second-order valence-corrected chi connectivity index (χ2v) is 7.02. The van der Waals surface area contributed by atoms with Crippen LogP contribution in [0.5, 0.6) is 0 Å². The van der Waals surface area contributed by atoms with E-state index in [-0.39, 0.29) is 0 Å². The molecule has 0 atom stereocenters. The first kappa shape index (κ1) is 18.8. The van der Waals surface area contributed by atoms with Gasteiger partial charge >= 0.3 is 0 Å². The molecule has 0 N–H and O–H groups in total. The van der Waals surface area contributed by atoms with Gasteiger partial charge in [-0.05, 0) is 38.8 Å². The minimum absolute atomic E-state index is 0.673. The lowest BCUT2D eigenvalue weighted by Gasteiger charge is -2.20. The Morgan fingerprint density at radius 1 is 0.963 bits per heavy atom. The van der Waals surface area contributed by atoms with Crippen molar-refractivity contribution in [2.24, 2.45) is 7.05 Å². The fourth-order valence-corrected chi connectivity index (χ4v) is 3.78. The van der Waals surface area contributed by atoms with Crippen LogP contribution in [0.1, 0.15) is 22.5 Å². The first-order chi connectivity index (χ1) is 12.9. The molecule has 5 heteroatoms. The van der Waals surface area contributed by atoms with Gasteiger partial charge in [0.25, 0.3) is 0 Å². The molecule has 1 aromatic carbocycles. The van der Waals surface area contributed by atoms with E-state index in [1.54, 1.807) is 0 Å². The van der Waals surface area contributed by atoms with Crippen molar-refractivity contribution in [1.29, 1.82) is 0 Å². The average molecular weight is 361 g/mol. The molecular weight excluding hydrogens is 334 g/mol. The summed E-state index contributed by atoms with van der Waals surface area (Å²) in [6.45, 7) is 17.4. The Bertz CT molecular complexity index is 996. The summed E-state index contributed by atoms with van der Waals surface area (Å²) in [4.78, 5) is 11.6. The average Bonchev–Trinajstić information content (AvgIpc) is 2.89. The van der Waals surface area contributed by atoms with Crippen molar-refractivity contribution >= 4 is 16.9 Å². The summed E-state index contributed by atoms with van der Waals surface area (Å²) in [5.74, 6) is 1.55. The molecule has 3 rings (SSSR count). The van der Waals surface area contributed by atoms with E-state index in [1.807, 2.05) is 30.8 Å². The van der Waals surface area contributed by atoms with Crippen LogP contribution in [0, 0.1) is 27.7 Å². The largest absolute Gasteiger partial charge is 0.347 e. The number of rotatable bonds is 6. The molecule has 5 nitrogen and oxygen atoms in total. The van der Waals surface area contributed by atoms with Crippen molar-refractivity contribution in [2.75, 3.05) is 18.0 Å². The van der Waals surface area contributed by atoms with Crippen molar-refractivity contribution in [3.63, 3.8) is 0 Å². The standard InChI is InChI=1S/C22H27N5/c1-8-10-27(11-9-2)22-20-19(23-17(6)24-22)21(26(7)25-20)18-15(4)12-14(3)13-16(18)5/h8-9,12-13H,1-2,10-11H2,3-7H3. The highest BCUT2D eigenvalue weighted by Crippen LogP contribution is 2.35. The Labute approximate surface area is 161 Å². The van der Waals surface area contributed by atoms with Gasteiger partial charge in [0.05, 0.1) is 5.69 Å². The van der Waals surface area contributed by atoms with Crippen LogP contribution in [0.3, 0.4) is 0 Å². The molecule has 0 unspecified atom stereocenters. The molecule has 0 aliphatic heterocycles.